The molecule has 0 fully saturated rings. The first kappa shape index (κ1) is 71.9. The van der Waals surface area contributed by atoms with Crippen molar-refractivity contribution >= 4 is 35.8 Å². The maximum Gasteiger partial charge on any atom is 0.343 e. The molecule has 0 amide bonds. The van der Waals surface area contributed by atoms with E-state index in [4.69, 9.17) is 53.2 Å². The van der Waals surface area contributed by atoms with Gasteiger partial charge >= 0.3 is 35.8 Å². The molecular formula is C62H72F4O17. The van der Waals surface area contributed by atoms with Crippen molar-refractivity contribution in [1.29, 1.82) is 0 Å². The number of carbonyl (C=O) groups excluding carboxylic acids is 5. The molecule has 0 aliphatic carbocycles. The fourth-order valence-electron chi connectivity index (χ4n) is 6.52. The molecule has 0 radical (unpaired) electrons. The lowest BCUT2D eigenvalue weighted by atomic mass is 10.2. The van der Waals surface area contributed by atoms with Crippen LogP contribution >= 0.6 is 0 Å². The number of benzene rings is 5. The molecule has 0 bridgehead atoms. The van der Waals surface area contributed by atoms with E-state index in [-0.39, 0.29) is 37.5 Å². The summed E-state index contributed by atoms with van der Waals surface area (Å²) in [6, 6.07) is 22.0. The van der Waals surface area contributed by atoms with Gasteiger partial charge in [0.1, 0.15) is 17.2 Å². The minimum atomic E-state index is -1.50. The highest BCUT2D eigenvalue weighted by molar-refractivity contribution is 5.92. The molecule has 0 aromatic heterocycles. The first-order chi connectivity index (χ1) is 39.0. The summed E-state index contributed by atoms with van der Waals surface area (Å²) in [7, 11) is 0. The van der Waals surface area contributed by atoms with Gasteiger partial charge in [-0.2, -0.15) is 17.6 Å². The van der Waals surface area contributed by atoms with Crippen molar-refractivity contribution < 1.29 is 99.5 Å². The third-order valence-electron chi connectivity index (χ3n) is 10.9. The Labute approximate surface area is 480 Å². The van der Waals surface area contributed by atoms with Crippen molar-refractivity contribution in [3.8, 4) is 40.2 Å². The zero-order valence-corrected chi connectivity index (χ0v) is 44.4. The molecule has 3 N–H and O–H groups in total. The van der Waals surface area contributed by atoms with Gasteiger partial charge in [0.25, 0.3) is 0 Å². The molecule has 17 nitrogen and oxygen atoms in total. The molecule has 0 unspecified atom stereocenters. The van der Waals surface area contributed by atoms with Gasteiger partial charge in [-0.15, -0.1) is 0 Å². The van der Waals surface area contributed by atoms with Gasteiger partial charge in [-0.1, -0.05) is 34.6 Å². The maximum absolute atomic E-state index is 14.8. The summed E-state index contributed by atoms with van der Waals surface area (Å²) in [4.78, 5) is 68.6. The molecule has 5 aromatic rings. The summed E-state index contributed by atoms with van der Waals surface area (Å²) in [5.74, 6) is -11.2. The predicted octanol–water partition coefficient (Wildman–Crippen LogP) is 13.4. The third kappa shape index (κ3) is 28.2. The van der Waals surface area contributed by atoms with Gasteiger partial charge in [-0.3, -0.25) is 0 Å². The van der Waals surface area contributed by atoms with Crippen LogP contribution in [0.25, 0.3) is 0 Å². The van der Waals surface area contributed by atoms with Gasteiger partial charge in [0, 0.05) is 18.2 Å². The lowest BCUT2D eigenvalue weighted by Crippen LogP contribution is -2.12. The fourth-order valence-corrected chi connectivity index (χ4v) is 6.52. The summed E-state index contributed by atoms with van der Waals surface area (Å²) in [6.07, 6.45) is 13.6. The number of esters is 5. The topological polar surface area (TPSA) is 237 Å². The Morgan fingerprint density at radius 2 is 0.639 bits per heavy atom. The minimum Gasteiger partial charge on any atom is -0.505 e. The lowest BCUT2D eigenvalue weighted by molar-refractivity contribution is -0.138. The Hall–Kier alpha value is -9.14. The molecule has 0 heterocycles. The number of carboxylic acids is 1. The largest absolute Gasteiger partial charge is 0.505 e. The molecule has 0 spiro atoms. The third-order valence-corrected chi connectivity index (χ3v) is 10.9. The van der Waals surface area contributed by atoms with E-state index >= 15 is 0 Å². The lowest BCUT2D eigenvalue weighted by Gasteiger charge is -2.11. The average Bonchev–Trinajstić information content (AvgIpc) is 3.60. The van der Waals surface area contributed by atoms with Gasteiger partial charge < -0.3 is 53.2 Å². The fraction of sp³-hybridized carbons (Fsp3) is 0.323. The quantitative estimate of drug-likeness (QED) is 0.00690. The van der Waals surface area contributed by atoms with E-state index in [1.54, 1.807) is 36.4 Å². The van der Waals surface area contributed by atoms with Crippen LogP contribution in [0.2, 0.25) is 0 Å². The number of aromatic carboxylic acids is 1. The van der Waals surface area contributed by atoms with Crippen molar-refractivity contribution in [3.05, 3.63) is 175 Å². The second-order valence-corrected chi connectivity index (χ2v) is 17.0. The van der Waals surface area contributed by atoms with Crippen LogP contribution in [-0.4, -0.2) is 90.8 Å². The second-order valence-electron chi connectivity index (χ2n) is 17.0. The first-order valence-electron chi connectivity index (χ1n) is 25.6. The molecule has 5 aromatic carbocycles. The highest BCUT2D eigenvalue weighted by Crippen LogP contribution is 2.30. The number of unbranched alkanes of at least 4 members (excludes halogenated alkanes) is 9. The first-order valence-corrected chi connectivity index (χ1v) is 25.6. The summed E-state index contributed by atoms with van der Waals surface area (Å²) in [5, 5.41) is 25.8. The van der Waals surface area contributed by atoms with E-state index in [9.17, 15) is 46.3 Å². The molecule has 0 aliphatic heterocycles. The predicted molar refractivity (Wildman–Crippen MR) is 301 cm³/mol. The van der Waals surface area contributed by atoms with Crippen LogP contribution in [0.1, 0.15) is 123 Å². The van der Waals surface area contributed by atoms with E-state index < -0.39 is 76.1 Å². The van der Waals surface area contributed by atoms with Gasteiger partial charge in [-0.25, -0.2) is 28.8 Å². The van der Waals surface area contributed by atoms with Crippen molar-refractivity contribution in [2.45, 2.75) is 91.9 Å². The Kier molecular flexibility index (Phi) is 35.5. The van der Waals surface area contributed by atoms with Crippen LogP contribution in [-0.2, 0) is 28.6 Å². The van der Waals surface area contributed by atoms with Crippen LogP contribution in [0, 0.1) is 23.3 Å². The van der Waals surface area contributed by atoms with Crippen molar-refractivity contribution in [2.24, 2.45) is 0 Å². The summed E-state index contributed by atoms with van der Waals surface area (Å²) in [5.41, 5.74) is 0.409. The number of carboxylic acid groups (broad SMARTS) is 1. The molecule has 21 heteroatoms. The number of phenolic OH excluding ortho intramolecular Hbond substituents is 2. The number of phenols is 2. The standard InChI is InChI=1S/C38H40F2O10.C16H20O5.C6H4F2O2.2CH4/c1-3-33(41)47-25-11-7-5-9-23-45-29-17-13-27(14-18-29)37(43)49-31-21-22-32(36(40)35(31)39)50-38(44)28-15-19-30(20-16-28)46-24-10-6-8-12-26-48-34(42)4-2;1-2-15(17)21-12-6-4-3-5-11-20-14-9-7-13(8-10-14)16(18)19;7-5-3(9)1-2-4(10)6(5)8;;/h3-4,13-22H,1-2,5-12,23-26H2;2,7-10H,1,3-6,11-12H2,(H,18,19);1-2,9-10H;2*1H4. The van der Waals surface area contributed by atoms with Gasteiger partial charge in [0.05, 0.1) is 56.3 Å². The smallest absolute Gasteiger partial charge is 0.343 e. The number of rotatable bonds is 32. The van der Waals surface area contributed by atoms with E-state index in [1.165, 1.54) is 36.4 Å². The van der Waals surface area contributed by atoms with Gasteiger partial charge in [0.2, 0.25) is 23.3 Å². The molecule has 0 atom stereocenters. The monoisotopic (exact) mass is 1160 g/mol. The molecule has 450 valence electrons. The van der Waals surface area contributed by atoms with Crippen molar-refractivity contribution in [3.63, 3.8) is 0 Å². The van der Waals surface area contributed by atoms with E-state index in [0.29, 0.717) is 56.9 Å². The van der Waals surface area contributed by atoms with E-state index in [2.05, 4.69) is 19.7 Å². The molecule has 0 saturated heterocycles. The molecular weight excluding hydrogens is 1090 g/mol. The highest BCUT2D eigenvalue weighted by atomic mass is 19.2. The average molecular weight is 1170 g/mol. The SMILES string of the molecule is C.C.C=CC(=O)OCCCCCCOc1ccc(C(=O)O)cc1.C=CC(=O)OCCCCCCOc1ccc(C(=O)Oc2ccc(OC(=O)c3ccc(OCCCCCCOC(=O)C=C)cc3)c(F)c2F)cc1.Oc1ccc(O)c(F)c1F. The van der Waals surface area contributed by atoms with Crippen molar-refractivity contribution in [2.75, 3.05) is 39.6 Å². The number of hydrogen-bond donors (Lipinski definition) is 3. The van der Waals surface area contributed by atoms with Crippen LogP contribution in [0.4, 0.5) is 17.6 Å². The molecule has 0 aliphatic rings. The van der Waals surface area contributed by atoms with E-state index in [1.807, 2.05) is 0 Å². The Morgan fingerprint density at radius 1 is 0.373 bits per heavy atom. The van der Waals surface area contributed by atoms with Gasteiger partial charge in [-0.05, 0) is 174 Å². The molecule has 5 rings (SSSR count). The number of aromatic hydroxyl groups is 2. The highest BCUT2D eigenvalue weighted by Gasteiger charge is 2.22. The van der Waals surface area contributed by atoms with Crippen LogP contribution < -0.4 is 23.7 Å². The van der Waals surface area contributed by atoms with Crippen LogP contribution in [0.15, 0.2) is 135 Å². The minimum absolute atomic E-state index is 0. The van der Waals surface area contributed by atoms with Crippen LogP contribution in [0.3, 0.4) is 0 Å². The molecule has 0 saturated carbocycles. The summed E-state index contributed by atoms with van der Waals surface area (Å²) in [6.45, 7) is 12.6. The Morgan fingerprint density at radius 3 is 0.904 bits per heavy atom. The van der Waals surface area contributed by atoms with Gasteiger partial charge in [0.15, 0.2) is 23.0 Å². The maximum atomic E-state index is 14.8. The number of ether oxygens (including phenoxy) is 8. The number of hydrogen-bond acceptors (Lipinski definition) is 16. The Balaban J connectivity index is 0.000000851. The summed E-state index contributed by atoms with van der Waals surface area (Å²) < 4.78 is 95.6. The second kappa shape index (κ2) is 40.9. The number of carbonyl (C=O) groups is 6. The molecule has 83 heavy (non-hydrogen) atoms. The van der Waals surface area contributed by atoms with Crippen LogP contribution in [0.5, 0.6) is 40.2 Å². The normalized spacial score (nSPS) is 9.98. The summed E-state index contributed by atoms with van der Waals surface area (Å²) >= 11 is 0. The Bertz CT molecular complexity index is 2680. The number of halogens is 4. The van der Waals surface area contributed by atoms with Crippen molar-refractivity contribution in [1.82, 2.24) is 0 Å². The van der Waals surface area contributed by atoms with E-state index in [0.717, 1.165) is 120 Å². The zero-order valence-electron chi connectivity index (χ0n) is 44.4. The zero-order chi connectivity index (χ0) is 59.4.